The number of hydrogen-bond acceptors (Lipinski definition) is 2. The van der Waals surface area contributed by atoms with Gasteiger partial charge in [-0.15, -0.1) is 0 Å². The first-order valence-electron chi connectivity index (χ1n) is 4.84. The maximum atomic E-state index is 5.84. The van der Waals surface area contributed by atoms with Gasteiger partial charge in [0.15, 0.2) is 0 Å². The van der Waals surface area contributed by atoms with Gasteiger partial charge in [0.1, 0.15) is 0 Å². The van der Waals surface area contributed by atoms with Crippen molar-refractivity contribution in [2.24, 2.45) is 0 Å². The SMILES string of the molecule is CCCCNc1c(C)cccc1N. The quantitative estimate of drug-likeness (QED) is 0.549. The average Bonchev–Trinajstić information content (AvgIpc) is 2.10. The fourth-order valence-electron chi connectivity index (χ4n) is 1.32. The molecule has 1 aromatic carbocycles. The molecule has 13 heavy (non-hydrogen) atoms. The molecule has 1 rings (SSSR count). The second kappa shape index (κ2) is 4.75. The first kappa shape index (κ1) is 9.90. The van der Waals surface area contributed by atoms with Gasteiger partial charge in [-0.05, 0) is 25.0 Å². The van der Waals surface area contributed by atoms with Gasteiger partial charge in [-0.25, -0.2) is 0 Å². The molecule has 0 radical (unpaired) electrons. The number of nitrogens with two attached hydrogens (primary N) is 1. The van der Waals surface area contributed by atoms with Crippen molar-refractivity contribution in [3.05, 3.63) is 23.8 Å². The molecule has 0 aliphatic rings. The number of rotatable bonds is 4. The van der Waals surface area contributed by atoms with Gasteiger partial charge in [-0.3, -0.25) is 0 Å². The van der Waals surface area contributed by atoms with E-state index in [2.05, 4.69) is 25.2 Å². The van der Waals surface area contributed by atoms with Crippen molar-refractivity contribution in [2.75, 3.05) is 17.6 Å². The van der Waals surface area contributed by atoms with Crippen molar-refractivity contribution < 1.29 is 0 Å². The highest BCUT2D eigenvalue weighted by Crippen LogP contribution is 2.22. The van der Waals surface area contributed by atoms with E-state index in [9.17, 15) is 0 Å². The van der Waals surface area contributed by atoms with Crippen LogP contribution in [0.1, 0.15) is 25.3 Å². The molecule has 0 aromatic heterocycles. The zero-order valence-electron chi connectivity index (χ0n) is 8.43. The molecule has 0 fully saturated rings. The number of benzene rings is 1. The number of para-hydroxylation sites is 1. The third kappa shape index (κ3) is 2.65. The molecular formula is C11H18N2. The molecule has 0 saturated carbocycles. The van der Waals surface area contributed by atoms with Gasteiger partial charge in [0.25, 0.3) is 0 Å². The van der Waals surface area contributed by atoms with Crippen LogP contribution in [0.3, 0.4) is 0 Å². The Labute approximate surface area is 80.1 Å². The molecule has 0 aliphatic carbocycles. The molecule has 0 spiro atoms. The van der Waals surface area contributed by atoms with Crippen LogP contribution in [-0.4, -0.2) is 6.54 Å². The predicted molar refractivity (Wildman–Crippen MR) is 59.0 cm³/mol. The van der Waals surface area contributed by atoms with E-state index in [1.807, 2.05) is 12.1 Å². The van der Waals surface area contributed by atoms with Crippen LogP contribution in [0.25, 0.3) is 0 Å². The zero-order chi connectivity index (χ0) is 9.68. The van der Waals surface area contributed by atoms with Crippen molar-refractivity contribution in [2.45, 2.75) is 26.7 Å². The number of unbranched alkanes of at least 4 members (excludes halogenated alkanes) is 1. The summed E-state index contributed by atoms with van der Waals surface area (Å²) in [6.07, 6.45) is 2.40. The summed E-state index contributed by atoms with van der Waals surface area (Å²) in [6.45, 7) is 5.26. The van der Waals surface area contributed by atoms with Crippen LogP contribution < -0.4 is 11.1 Å². The summed E-state index contributed by atoms with van der Waals surface area (Å²) < 4.78 is 0. The Hall–Kier alpha value is -1.18. The Bertz CT molecular complexity index is 249. The van der Waals surface area contributed by atoms with Gasteiger partial charge >= 0.3 is 0 Å². The van der Waals surface area contributed by atoms with Crippen molar-refractivity contribution >= 4 is 11.4 Å². The maximum Gasteiger partial charge on any atom is 0.0603 e. The van der Waals surface area contributed by atoms with Crippen LogP contribution in [0.4, 0.5) is 11.4 Å². The van der Waals surface area contributed by atoms with Gasteiger partial charge in [0.05, 0.1) is 11.4 Å². The predicted octanol–water partition coefficient (Wildman–Crippen LogP) is 2.79. The summed E-state index contributed by atoms with van der Waals surface area (Å²) in [4.78, 5) is 0. The van der Waals surface area contributed by atoms with E-state index in [1.165, 1.54) is 18.4 Å². The molecule has 3 N–H and O–H groups in total. The second-order valence-corrected chi connectivity index (χ2v) is 3.32. The Morgan fingerprint density at radius 1 is 1.38 bits per heavy atom. The molecule has 1 aromatic rings. The van der Waals surface area contributed by atoms with Crippen LogP contribution in [0.2, 0.25) is 0 Å². The maximum absolute atomic E-state index is 5.84. The van der Waals surface area contributed by atoms with Gasteiger partial charge in [-0.2, -0.15) is 0 Å². The smallest absolute Gasteiger partial charge is 0.0603 e. The van der Waals surface area contributed by atoms with Crippen LogP contribution in [0.5, 0.6) is 0 Å². The average molecular weight is 178 g/mol. The van der Waals surface area contributed by atoms with Crippen molar-refractivity contribution in [1.29, 1.82) is 0 Å². The van der Waals surface area contributed by atoms with Gasteiger partial charge in [0.2, 0.25) is 0 Å². The summed E-state index contributed by atoms with van der Waals surface area (Å²) in [7, 11) is 0. The van der Waals surface area contributed by atoms with E-state index in [1.54, 1.807) is 0 Å². The molecule has 0 unspecified atom stereocenters. The molecule has 0 amide bonds. The number of nitrogen functional groups attached to an aromatic ring is 1. The number of anilines is 2. The molecule has 0 saturated heterocycles. The Balaban J connectivity index is 2.64. The number of aryl methyl sites for hydroxylation is 1. The van der Waals surface area contributed by atoms with E-state index < -0.39 is 0 Å². The minimum Gasteiger partial charge on any atom is -0.397 e. The molecule has 0 aliphatic heterocycles. The van der Waals surface area contributed by atoms with E-state index >= 15 is 0 Å². The summed E-state index contributed by atoms with van der Waals surface area (Å²) in [6, 6.07) is 5.99. The number of nitrogens with one attached hydrogen (secondary N) is 1. The minimum absolute atomic E-state index is 0.844. The fourth-order valence-corrected chi connectivity index (χ4v) is 1.32. The zero-order valence-corrected chi connectivity index (χ0v) is 8.43. The van der Waals surface area contributed by atoms with E-state index in [0.717, 1.165) is 17.9 Å². The third-order valence-electron chi connectivity index (χ3n) is 2.14. The Morgan fingerprint density at radius 3 is 2.77 bits per heavy atom. The number of hydrogen-bond donors (Lipinski definition) is 2. The van der Waals surface area contributed by atoms with Gasteiger partial charge in [0, 0.05) is 6.54 Å². The van der Waals surface area contributed by atoms with E-state index in [-0.39, 0.29) is 0 Å². The Morgan fingerprint density at radius 2 is 2.15 bits per heavy atom. The molecule has 72 valence electrons. The monoisotopic (exact) mass is 178 g/mol. The van der Waals surface area contributed by atoms with Crippen molar-refractivity contribution in [3.8, 4) is 0 Å². The molecule has 2 heteroatoms. The highest BCUT2D eigenvalue weighted by Gasteiger charge is 1.99. The summed E-state index contributed by atoms with van der Waals surface area (Å²) in [5.41, 5.74) is 9.00. The second-order valence-electron chi connectivity index (χ2n) is 3.32. The Kier molecular flexibility index (Phi) is 3.62. The molecule has 0 atom stereocenters. The summed E-state index contributed by atoms with van der Waals surface area (Å²) in [5.74, 6) is 0. The summed E-state index contributed by atoms with van der Waals surface area (Å²) >= 11 is 0. The summed E-state index contributed by atoms with van der Waals surface area (Å²) in [5, 5.41) is 3.36. The lowest BCUT2D eigenvalue weighted by atomic mass is 10.1. The van der Waals surface area contributed by atoms with Crippen LogP contribution >= 0.6 is 0 Å². The molecule has 2 nitrogen and oxygen atoms in total. The standard InChI is InChI=1S/C11H18N2/c1-3-4-8-13-11-9(2)6-5-7-10(11)12/h5-7,13H,3-4,8,12H2,1-2H3. The lowest BCUT2D eigenvalue weighted by Crippen LogP contribution is -2.05. The van der Waals surface area contributed by atoms with Crippen LogP contribution in [0.15, 0.2) is 18.2 Å². The third-order valence-corrected chi connectivity index (χ3v) is 2.14. The molecular weight excluding hydrogens is 160 g/mol. The van der Waals surface area contributed by atoms with Crippen molar-refractivity contribution in [3.63, 3.8) is 0 Å². The lowest BCUT2D eigenvalue weighted by molar-refractivity contribution is 0.834. The van der Waals surface area contributed by atoms with E-state index in [0.29, 0.717) is 0 Å². The van der Waals surface area contributed by atoms with Crippen molar-refractivity contribution in [1.82, 2.24) is 0 Å². The largest absolute Gasteiger partial charge is 0.397 e. The van der Waals surface area contributed by atoms with E-state index in [4.69, 9.17) is 5.73 Å². The minimum atomic E-state index is 0.844. The first-order chi connectivity index (χ1) is 6.25. The highest BCUT2D eigenvalue weighted by molar-refractivity contribution is 5.69. The van der Waals surface area contributed by atoms with Gasteiger partial charge in [-0.1, -0.05) is 25.5 Å². The fraction of sp³-hybridized carbons (Fsp3) is 0.455. The topological polar surface area (TPSA) is 38.0 Å². The normalized spacial score (nSPS) is 10.0. The highest BCUT2D eigenvalue weighted by atomic mass is 14.9. The van der Waals surface area contributed by atoms with Crippen LogP contribution in [0, 0.1) is 6.92 Å². The van der Waals surface area contributed by atoms with Crippen LogP contribution in [-0.2, 0) is 0 Å². The van der Waals surface area contributed by atoms with Gasteiger partial charge < -0.3 is 11.1 Å². The molecule has 0 bridgehead atoms. The molecule has 0 heterocycles. The first-order valence-corrected chi connectivity index (χ1v) is 4.84. The lowest BCUT2D eigenvalue weighted by Gasteiger charge is -2.11.